The number of non-ortho nitro benzene ring substituents is 1. The van der Waals surface area contributed by atoms with Crippen LogP contribution in [0.1, 0.15) is 0 Å². The second-order valence-electron chi connectivity index (χ2n) is 11.3. The first kappa shape index (κ1) is 32.0. The van der Waals surface area contributed by atoms with Gasteiger partial charge in [0.2, 0.25) is 0 Å². The highest BCUT2D eigenvalue weighted by Crippen LogP contribution is 2.43. The van der Waals surface area contributed by atoms with E-state index in [9.17, 15) is 30.4 Å². The topological polar surface area (TPSA) is 179 Å². The number of anilines is 3. The van der Waals surface area contributed by atoms with Gasteiger partial charge < -0.3 is 15.1 Å². The Labute approximate surface area is 289 Å². The maximum atomic E-state index is 12.2. The van der Waals surface area contributed by atoms with Gasteiger partial charge in [0.25, 0.3) is 11.4 Å². The Bertz CT molecular complexity index is 2380. The van der Waals surface area contributed by atoms with Crippen LogP contribution in [0.15, 0.2) is 160 Å². The number of nitrogens with zero attached hydrogens (tertiary/aromatic N) is 7. The molecule has 0 atom stereocenters. The van der Waals surface area contributed by atoms with Crippen LogP contribution in [-0.2, 0) is 0 Å². The van der Waals surface area contributed by atoms with Gasteiger partial charge in [0.05, 0.1) is 27.3 Å². The number of phenols is 2. The van der Waals surface area contributed by atoms with E-state index in [0.717, 1.165) is 27.6 Å². The number of hydrogen-bond donors (Lipinski definition) is 2. The number of aromatic hydroxyl groups is 2. The summed E-state index contributed by atoms with van der Waals surface area (Å²) < 4.78 is 0. The van der Waals surface area contributed by atoms with Gasteiger partial charge in [-0.15, -0.1) is 10.2 Å². The minimum absolute atomic E-state index is 0.0253. The summed E-state index contributed by atoms with van der Waals surface area (Å²) in [5.74, 6) is -0.0507. The summed E-state index contributed by atoms with van der Waals surface area (Å²) in [5, 5.41) is 65.1. The molecule has 0 radical (unpaired) electrons. The normalized spacial score (nSPS) is 11.5. The zero-order valence-electron chi connectivity index (χ0n) is 26.4. The Hall–Kier alpha value is -7.54. The van der Waals surface area contributed by atoms with Crippen molar-refractivity contribution in [2.24, 2.45) is 20.5 Å². The molecular weight excluding hydrogens is 650 g/mol. The van der Waals surface area contributed by atoms with Crippen molar-refractivity contribution in [1.29, 1.82) is 0 Å². The number of phenolic OH excluding ortho intramolecular Hbond substituents is 2. The number of nitro benzene ring substituents is 2. The second-order valence-corrected chi connectivity index (χ2v) is 11.3. The molecule has 0 aromatic heterocycles. The molecule has 13 heteroatoms. The Kier molecular flexibility index (Phi) is 8.49. The minimum Gasteiger partial charge on any atom is -0.506 e. The average molecular weight is 676 g/mol. The molecule has 0 unspecified atom stereocenters. The summed E-state index contributed by atoms with van der Waals surface area (Å²) >= 11 is 0. The molecule has 51 heavy (non-hydrogen) atoms. The Morgan fingerprint density at radius 2 is 0.980 bits per heavy atom. The van der Waals surface area contributed by atoms with Crippen molar-refractivity contribution in [3.8, 4) is 11.5 Å². The van der Waals surface area contributed by atoms with Crippen LogP contribution in [0.25, 0.3) is 21.5 Å². The highest BCUT2D eigenvalue weighted by molar-refractivity contribution is 5.96. The SMILES string of the molecule is O=[N+]([O-])c1ccc(N(c2ccc(N=Nc3c(O)ccc4ccccc34)cc2)c2ccc(N=Nc3c(O)ccc4ccccc34)cc2)c([N+](=O)[O-])c1. The standard InChI is InChI=1S/C38H25N7O6/c46-35-21-9-24-5-1-3-7-31(24)37(35)41-39-26-11-15-28(16-12-26)43(33-20-19-30(44(48)49)23-34(33)45(50)51)29-17-13-27(14-18-29)40-42-38-32-8-4-2-6-25(32)10-22-36(38)47/h1-23,46-47H. The van der Waals surface area contributed by atoms with E-state index in [4.69, 9.17) is 0 Å². The summed E-state index contributed by atoms with van der Waals surface area (Å²) in [6, 6.07) is 38.4. The molecule has 248 valence electrons. The lowest BCUT2D eigenvalue weighted by atomic mass is 10.1. The molecule has 13 nitrogen and oxygen atoms in total. The molecule has 7 aromatic carbocycles. The Balaban J connectivity index is 1.25. The molecule has 7 rings (SSSR count). The lowest BCUT2D eigenvalue weighted by molar-refractivity contribution is -0.393. The highest BCUT2D eigenvalue weighted by Gasteiger charge is 2.26. The van der Waals surface area contributed by atoms with Crippen molar-refractivity contribution in [2.45, 2.75) is 0 Å². The predicted molar refractivity (Wildman–Crippen MR) is 194 cm³/mol. The van der Waals surface area contributed by atoms with Crippen LogP contribution in [0.5, 0.6) is 11.5 Å². The van der Waals surface area contributed by atoms with Gasteiger partial charge in [-0.1, -0.05) is 60.7 Å². The van der Waals surface area contributed by atoms with Gasteiger partial charge in [-0.3, -0.25) is 20.2 Å². The molecule has 0 aliphatic heterocycles. The summed E-state index contributed by atoms with van der Waals surface area (Å²) in [7, 11) is 0. The van der Waals surface area contributed by atoms with Crippen molar-refractivity contribution < 1.29 is 20.1 Å². The Morgan fingerprint density at radius 3 is 1.43 bits per heavy atom. The number of nitro groups is 2. The van der Waals surface area contributed by atoms with Crippen molar-refractivity contribution in [1.82, 2.24) is 0 Å². The fourth-order valence-electron chi connectivity index (χ4n) is 5.64. The maximum Gasteiger partial charge on any atom is 0.300 e. The molecule has 0 aliphatic rings. The number of rotatable bonds is 9. The van der Waals surface area contributed by atoms with E-state index in [1.165, 1.54) is 12.1 Å². The van der Waals surface area contributed by atoms with Crippen molar-refractivity contribution >= 4 is 72.7 Å². The lowest BCUT2D eigenvalue weighted by Crippen LogP contribution is -2.12. The fraction of sp³-hybridized carbons (Fsp3) is 0. The van der Waals surface area contributed by atoms with Crippen LogP contribution < -0.4 is 4.90 Å². The van der Waals surface area contributed by atoms with Gasteiger partial charge >= 0.3 is 0 Å². The largest absolute Gasteiger partial charge is 0.506 e. The average Bonchev–Trinajstić information content (AvgIpc) is 3.15. The molecular formula is C38H25N7O6. The third kappa shape index (κ3) is 6.49. The zero-order valence-corrected chi connectivity index (χ0v) is 26.4. The van der Waals surface area contributed by atoms with E-state index in [1.54, 1.807) is 77.7 Å². The predicted octanol–water partition coefficient (Wildman–Crippen LogP) is 11.5. The van der Waals surface area contributed by atoms with E-state index >= 15 is 0 Å². The number of hydrogen-bond acceptors (Lipinski definition) is 11. The number of benzene rings is 7. The first-order valence-electron chi connectivity index (χ1n) is 15.4. The lowest BCUT2D eigenvalue weighted by Gasteiger charge is -2.25. The van der Waals surface area contributed by atoms with Crippen LogP contribution in [-0.4, -0.2) is 20.1 Å². The van der Waals surface area contributed by atoms with Gasteiger partial charge in [-0.2, -0.15) is 10.2 Å². The Morgan fingerprint density at radius 1 is 0.510 bits per heavy atom. The smallest absolute Gasteiger partial charge is 0.300 e. The third-order valence-electron chi connectivity index (χ3n) is 8.11. The molecule has 0 heterocycles. The molecule has 0 saturated carbocycles. The van der Waals surface area contributed by atoms with Gasteiger partial charge in [-0.25, -0.2) is 0 Å². The molecule has 0 amide bonds. The van der Waals surface area contributed by atoms with E-state index in [0.29, 0.717) is 34.1 Å². The fourth-order valence-corrected chi connectivity index (χ4v) is 5.64. The molecule has 0 bridgehead atoms. The van der Waals surface area contributed by atoms with Gasteiger partial charge in [0.15, 0.2) is 0 Å². The molecule has 0 aliphatic carbocycles. The molecule has 0 saturated heterocycles. The molecule has 0 fully saturated rings. The molecule has 7 aromatic rings. The van der Waals surface area contributed by atoms with Gasteiger partial charge in [0, 0.05) is 28.2 Å². The van der Waals surface area contributed by atoms with E-state index in [-0.39, 0.29) is 17.2 Å². The molecule has 2 N–H and O–H groups in total. The summed E-state index contributed by atoms with van der Waals surface area (Å²) in [4.78, 5) is 23.9. The quantitative estimate of drug-likeness (QED) is 0.0867. The van der Waals surface area contributed by atoms with E-state index < -0.39 is 21.2 Å². The van der Waals surface area contributed by atoms with Crippen LogP contribution in [0.3, 0.4) is 0 Å². The van der Waals surface area contributed by atoms with Gasteiger partial charge in [0.1, 0.15) is 28.6 Å². The second kappa shape index (κ2) is 13.5. The van der Waals surface area contributed by atoms with Crippen LogP contribution in [0.4, 0.5) is 51.2 Å². The maximum absolute atomic E-state index is 12.2. The molecule has 0 spiro atoms. The minimum atomic E-state index is -0.692. The summed E-state index contributed by atoms with van der Waals surface area (Å²) in [5.41, 5.74) is 1.65. The van der Waals surface area contributed by atoms with Gasteiger partial charge in [-0.05, 0) is 77.5 Å². The zero-order chi connectivity index (χ0) is 35.5. The van der Waals surface area contributed by atoms with Crippen LogP contribution >= 0.6 is 0 Å². The number of azo groups is 2. The monoisotopic (exact) mass is 675 g/mol. The van der Waals surface area contributed by atoms with Crippen LogP contribution in [0.2, 0.25) is 0 Å². The first-order valence-corrected chi connectivity index (χ1v) is 15.4. The van der Waals surface area contributed by atoms with Crippen molar-refractivity contribution in [2.75, 3.05) is 4.90 Å². The highest BCUT2D eigenvalue weighted by atomic mass is 16.6. The van der Waals surface area contributed by atoms with Crippen LogP contribution in [0, 0.1) is 20.2 Å². The third-order valence-corrected chi connectivity index (χ3v) is 8.11. The first-order chi connectivity index (χ1) is 24.8. The van der Waals surface area contributed by atoms with Crippen molar-refractivity contribution in [3.63, 3.8) is 0 Å². The van der Waals surface area contributed by atoms with Crippen molar-refractivity contribution in [3.05, 3.63) is 160 Å². The summed E-state index contributed by atoms with van der Waals surface area (Å²) in [6.45, 7) is 0. The van der Waals surface area contributed by atoms with E-state index in [1.807, 2.05) is 48.5 Å². The summed E-state index contributed by atoms with van der Waals surface area (Å²) in [6.07, 6.45) is 0. The number of fused-ring (bicyclic) bond motifs is 2. The van der Waals surface area contributed by atoms with E-state index in [2.05, 4.69) is 20.5 Å².